The summed E-state index contributed by atoms with van der Waals surface area (Å²) < 4.78 is 6.46. The normalized spacial score (nSPS) is 11.1. The van der Waals surface area contributed by atoms with Crippen molar-refractivity contribution in [3.63, 3.8) is 0 Å². The Labute approximate surface area is 197 Å². The number of hydrogen-bond donors (Lipinski definition) is 0. The number of esters is 1. The van der Waals surface area contributed by atoms with Crippen LogP contribution in [0.15, 0.2) is 103 Å². The van der Waals surface area contributed by atoms with Crippen LogP contribution in [0.4, 0.5) is 0 Å². The topological polar surface area (TPSA) is 78.3 Å². The van der Waals surface area contributed by atoms with E-state index in [1.54, 1.807) is 17.8 Å². The van der Waals surface area contributed by atoms with E-state index in [0.29, 0.717) is 0 Å². The third-order valence-corrected chi connectivity index (χ3v) is 5.65. The molecule has 0 fully saturated rings. The SMILES string of the molecule is CCOC(=O)C(=O)CC(=O)c1cnn(C(c2ccccc2)(c2ccccc2)c2ccccc2)c1. The van der Waals surface area contributed by atoms with Crippen molar-refractivity contribution in [3.8, 4) is 0 Å². The van der Waals surface area contributed by atoms with Crippen LogP contribution in [0.2, 0.25) is 0 Å². The van der Waals surface area contributed by atoms with Gasteiger partial charge in [0, 0.05) is 6.20 Å². The predicted octanol–water partition coefficient (Wildman–Crippen LogP) is 4.43. The van der Waals surface area contributed by atoms with Crippen LogP contribution in [-0.2, 0) is 19.9 Å². The Morgan fingerprint density at radius 2 is 1.26 bits per heavy atom. The van der Waals surface area contributed by atoms with Crippen LogP contribution in [0.1, 0.15) is 40.4 Å². The molecule has 170 valence electrons. The van der Waals surface area contributed by atoms with Crippen LogP contribution >= 0.6 is 0 Å². The van der Waals surface area contributed by atoms with E-state index in [-0.39, 0.29) is 12.2 Å². The number of nitrogens with zero attached hydrogens (tertiary/aromatic N) is 2. The van der Waals surface area contributed by atoms with Gasteiger partial charge in [-0.1, -0.05) is 91.0 Å². The molecule has 6 nitrogen and oxygen atoms in total. The van der Waals surface area contributed by atoms with Crippen molar-refractivity contribution >= 4 is 17.5 Å². The molecule has 3 aromatic carbocycles. The average molecular weight is 453 g/mol. The van der Waals surface area contributed by atoms with Gasteiger partial charge >= 0.3 is 5.97 Å². The van der Waals surface area contributed by atoms with Crippen LogP contribution in [0.5, 0.6) is 0 Å². The van der Waals surface area contributed by atoms with Crippen molar-refractivity contribution < 1.29 is 19.1 Å². The third kappa shape index (κ3) is 4.30. The van der Waals surface area contributed by atoms with Crippen LogP contribution in [-0.4, -0.2) is 33.9 Å². The summed E-state index contributed by atoms with van der Waals surface area (Å²) in [6.07, 6.45) is 2.50. The fourth-order valence-corrected chi connectivity index (χ4v) is 4.12. The summed E-state index contributed by atoms with van der Waals surface area (Å²) in [6.45, 7) is 1.68. The molecular weight excluding hydrogens is 428 g/mol. The molecule has 6 heteroatoms. The predicted molar refractivity (Wildman–Crippen MR) is 127 cm³/mol. The Morgan fingerprint density at radius 3 is 1.71 bits per heavy atom. The molecule has 0 amide bonds. The molecule has 0 saturated heterocycles. The highest BCUT2D eigenvalue weighted by Crippen LogP contribution is 2.40. The number of rotatable bonds is 9. The highest BCUT2D eigenvalue weighted by molar-refractivity contribution is 6.38. The zero-order chi connectivity index (χ0) is 24.0. The van der Waals surface area contributed by atoms with E-state index in [2.05, 4.69) is 5.10 Å². The van der Waals surface area contributed by atoms with Crippen molar-refractivity contribution in [2.75, 3.05) is 6.61 Å². The summed E-state index contributed by atoms with van der Waals surface area (Å²) in [5.74, 6) is -2.37. The molecule has 1 aromatic heterocycles. The molecule has 0 aliphatic heterocycles. The number of hydrogen-bond acceptors (Lipinski definition) is 5. The highest BCUT2D eigenvalue weighted by Gasteiger charge is 2.39. The maximum absolute atomic E-state index is 12.8. The summed E-state index contributed by atoms with van der Waals surface area (Å²) in [6, 6.07) is 29.7. The molecule has 0 aliphatic carbocycles. The van der Waals surface area contributed by atoms with Crippen molar-refractivity contribution in [3.05, 3.63) is 126 Å². The standard InChI is InChI=1S/C28H24N2O4/c1-2-34-27(33)26(32)18-25(31)21-19-29-30(20-21)28(22-12-6-3-7-13-22,23-14-8-4-9-15-23)24-16-10-5-11-17-24/h3-17,19-20H,2,18H2,1H3. The molecule has 0 bridgehead atoms. The number of Topliss-reactive ketones (excluding diaryl/α,β-unsaturated/α-hetero) is 2. The second-order valence-corrected chi connectivity index (χ2v) is 7.73. The van der Waals surface area contributed by atoms with Gasteiger partial charge in [-0.2, -0.15) is 5.10 Å². The van der Waals surface area contributed by atoms with Gasteiger partial charge in [0.25, 0.3) is 0 Å². The lowest BCUT2D eigenvalue weighted by Gasteiger charge is -2.36. The monoisotopic (exact) mass is 452 g/mol. The van der Waals surface area contributed by atoms with Crippen LogP contribution in [0, 0.1) is 0 Å². The molecule has 34 heavy (non-hydrogen) atoms. The van der Waals surface area contributed by atoms with Gasteiger partial charge < -0.3 is 4.74 Å². The molecular formula is C28H24N2O4. The van der Waals surface area contributed by atoms with Crippen molar-refractivity contribution in [2.24, 2.45) is 0 Å². The average Bonchev–Trinajstić information content (AvgIpc) is 3.37. The van der Waals surface area contributed by atoms with Gasteiger partial charge in [-0.15, -0.1) is 0 Å². The summed E-state index contributed by atoms with van der Waals surface area (Å²) >= 11 is 0. The van der Waals surface area contributed by atoms with Crippen molar-refractivity contribution in [1.29, 1.82) is 0 Å². The Bertz CT molecular complexity index is 1190. The van der Waals surface area contributed by atoms with Gasteiger partial charge in [-0.05, 0) is 23.6 Å². The molecule has 4 rings (SSSR count). The minimum absolute atomic E-state index is 0.0739. The molecule has 1 heterocycles. The van der Waals surface area contributed by atoms with Gasteiger partial charge in [0.05, 0.1) is 24.8 Å². The fraction of sp³-hybridized carbons (Fsp3) is 0.143. The number of ether oxygens (including phenoxy) is 1. The number of carbonyl (C=O) groups excluding carboxylic acids is 3. The van der Waals surface area contributed by atoms with Crippen LogP contribution in [0.25, 0.3) is 0 Å². The largest absolute Gasteiger partial charge is 0.460 e. The number of ketones is 2. The Kier molecular flexibility index (Phi) is 6.78. The quantitative estimate of drug-likeness (QED) is 0.123. The zero-order valence-corrected chi connectivity index (χ0v) is 18.8. The minimum Gasteiger partial charge on any atom is -0.460 e. The Hall–Kier alpha value is -4.32. The minimum atomic E-state index is -1.00. The van der Waals surface area contributed by atoms with E-state index >= 15 is 0 Å². The number of aromatic nitrogens is 2. The third-order valence-electron chi connectivity index (χ3n) is 5.65. The first kappa shape index (κ1) is 22.9. The van der Waals surface area contributed by atoms with E-state index < -0.39 is 29.5 Å². The fourth-order valence-electron chi connectivity index (χ4n) is 4.12. The summed E-state index contributed by atoms with van der Waals surface area (Å²) in [5.41, 5.74) is 2.24. The van der Waals surface area contributed by atoms with E-state index in [1.165, 1.54) is 6.20 Å². The molecule has 0 aliphatic rings. The zero-order valence-electron chi connectivity index (χ0n) is 18.8. The van der Waals surface area contributed by atoms with Gasteiger partial charge in [0.15, 0.2) is 5.78 Å². The van der Waals surface area contributed by atoms with Gasteiger partial charge in [0.1, 0.15) is 5.54 Å². The molecule has 0 N–H and O–H groups in total. The van der Waals surface area contributed by atoms with Crippen molar-refractivity contribution in [1.82, 2.24) is 9.78 Å². The molecule has 0 atom stereocenters. The lowest BCUT2D eigenvalue weighted by atomic mass is 9.77. The van der Waals surface area contributed by atoms with Crippen LogP contribution < -0.4 is 0 Å². The first-order chi connectivity index (χ1) is 16.6. The maximum Gasteiger partial charge on any atom is 0.375 e. The second-order valence-electron chi connectivity index (χ2n) is 7.73. The van der Waals surface area contributed by atoms with Crippen LogP contribution in [0.3, 0.4) is 0 Å². The lowest BCUT2D eigenvalue weighted by molar-refractivity contribution is -0.153. The molecule has 0 radical (unpaired) electrons. The summed E-state index contributed by atoms with van der Waals surface area (Å²) in [7, 11) is 0. The van der Waals surface area contributed by atoms with Gasteiger partial charge in [0.2, 0.25) is 5.78 Å². The molecule has 4 aromatic rings. The van der Waals surface area contributed by atoms with E-state index in [4.69, 9.17) is 4.74 Å². The first-order valence-corrected chi connectivity index (χ1v) is 11.0. The highest BCUT2D eigenvalue weighted by atomic mass is 16.5. The Balaban J connectivity index is 1.85. The van der Waals surface area contributed by atoms with E-state index in [1.807, 2.05) is 91.0 Å². The lowest BCUT2D eigenvalue weighted by Crippen LogP contribution is -2.38. The summed E-state index contributed by atoms with van der Waals surface area (Å²) in [5, 5.41) is 4.60. The van der Waals surface area contributed by atoms with Gasteiger partial charge in [-0.3, -0.25) is 14.3 Å². The Morgan fingerprint density at radius 1 is 0.794 bits per heavy atom. The van der Waals surface area contributed by atoms with Gasteiger partial charge in [-0.25, -0.2) is 4.79 Å². The molecule has 0 unspecified atom stereocenters. The first-order valence-electron chi connectivity index (χ1n) is 11.0. The van der Waals surface area contributed by atoms with E-state index in [9.17, 15) is 14.4 Å². The second kappa shape index (κ2) is 10.1. The smallest absolute Gasteiger partial charge is 0.375 e. The molecule has 0 saturated carbocycles. The number of benzene rings is 3. The van der Waals surface area contributed by atoms with E-state index in [0.717, 1.165) is 16.7 Å². The number of carbonyl (C=O) groups is 3. The van der Waals surface area contributed by atoms with Crippen molar-refractivity contribution in [2.45, 2.75) is 18.9 Å². The summed E-state index contributed by atoms with van der Waals surface area (Å²) in [4.78, 5) is 36.6. The maximum atomic E-state index is 12.8. The molecule has 0 spiro atoms.